The third-order valence-corrected chi connectivity index (χ3v) is 5.29. The fourth-order valence-electron chi connectivity index (χ4n) is 3.48. The minimum atomic E-state index is -0.650. The molecule has 0 amide bonds. The number of rotatable bonds is 9. The predicted octanol–water partition coefficient (Wildman–Crippen LogP) is 3.26. The summed E-state index contributed by atoms with van der Waals surface area (Å²) in [4.78, 5) is 25.8. The summed E-state index contributed by atoms with van der Waals surface area (Å²) in [6.45, 7) is 1.14. The molecule has 3 aromatic rings. The number of nitrogens with zero attached hydrogens (tertiary/aromatic N) is 2. The Morgan fingerprint density at radius 3 is 2.33 bits per heavy atom. The summed E-state index contributed by atoms with van der Waals surface area (Å²) >= 11 is 0. The Kier molecular flexibility index (Phi) is 7.36. The first-order chi connectivity index (χ1) is 15.9. The minimum absolute atomic E-state index is 0.0829. The topological polar surface area (TPSA) is 111 Å². The van der Waals surface area contributed by atoms with Crippen LogP contribution in [-0.2, 0) is 13.0 Å². The van der Waals surface area contributed by atoms with Crippen LogP contribution >= 0.6 is 0 Å². The van der Waals surface area contributed by atoms with E-state index in [1.165, 1.54) is 14.0 Å². The standard InChI is InChI=1S/C25H24N2O6/c1-16-19(14-26)24(29)27(13-12-17-8-10-18(31-2)11-9-17)25(30)23(16)20(28)15-33-22-7-5-4-6-21(22)32-3/h4-11,30H,12-13,15H2,1-3H3. The van der Waals surface area contributed by atoms with Crippen molar-refractivity contribution in [1.82, 2.24) is 4.57 Å². The van der Waals surface area contributed by atoms with Crippen molar-refractivity contribution < 1.29 is 24.1 Å². The molecule has 0 fully saturated rings. The molecular weight excluding hydrogens is 424 g/mol. The number of nitriles is 1. The zero-order valence-corrected chi connectivity index (χ0v) is 18.6. The van der Waals surface area contributed by atoms with E-state index >= 15 is 0 Å². The van der Waals surface area contributed by atoms with Crippen molar-refractivity contribution in [1.29, 1.82) is 5.26 Å². The van der Waals surface area contributed by atoms with Crippen LogP contribution in [-0.4, -0.2) is 36.3 Å². The number of hydrogen-bond acceptors (Lipinski definition) is 7. The lowest BCUT2D eigenvalue weighted by molar-refractivity contribution is 0.0914. The minimum Gasteiger partial charge on any atom is -0.497 e. The van der Waals surface area contributed by atoms with Gasteiger partial charge in [0.25, 0.3) is 5.56 Å². The normalized spacial score (nSPS) is 10.4. The van der Waals surface area contributed by atoms with Gasteiger partial charge < -0.3 is 19.3 Å². The number of aromatic hydroxyl groups is 1. The molecule has 0 aliphatic rings. The summed E-state index contributed by atoms with van der Waals surface area (Å²) in [7, 11) is 3.05. The molecule has 0 aliphatic heterocycles. The number of pyridine rings is 1. The molecule has 0 atom stereocenters. The number of benzene rings is 2. The van der Waals surface area contributed by atoms with Gasteiger partial charge in [-0.2, -0.15) is 5.26 Å². The van der Waals surface area contributed by atoms with Gasteiger partial charge in [0, 0.05) is 6.54 Å². The summed E-state index contributed by atoms with van der Waals surface area (Å²) in [5.74, 6) is 0.459. The molecule has 1 heterocycles. The lowest BCUT2D eigenvalue weighted by atomic mass is 10.0. The second-order valence-electron chi connectivity index (χ2n) is 7.23. The first-order valence-corrected chi connectivity index (χ1v) is 10.2. The van der Waals surface area contributed by atoms with Gasteiger partial charge in [0.2, 0.25) is 11.7 Å². The number of hydrogen-bond donors (Lipinski definition) is 1. The van der Waals surface area contributed by atoms with E-state index in [1.54, 1.807) is 43.5 Å². The summed E-state index contributed by atoms with van der Waals surface area (Å²) in [6, 6.07) is 16.0. The SMILES string of the molecule is COc1ccc(CCn2c(O)c(C(=O)COc3ccccc3OC)c(C)c(C#N)c2=O)cc1. The van der Waals surface area contributed by atoms with Gasteiger partial charge in [-0.15, -0.1) is 0 Å². The number of para-hydroxylation sites is 2. The van der Waals surface area contributed by atoms with Gasteiger partial charge >= 0.3 is 0 Å². The largest absolute Gasteiger partial charge is 0.497 e. The van der Waals surface area contributed by atoms with Gasteiger partial charge in [0.15, 0.2) is 18.1 Å². The Hall–Kier alpha value is -4.25. The average Bonchev–Trinajstić information content (AvgIpc) is 2.83. The Labute approximate surface area is 191 Å². The van der Waals surface area contributed by atoms with Crippen molar-refractivity contribution >= 4 is 5.78 Å². The molecule has 0 radical (unpaired) electrons. The van der Waals surface area contributed by atoms with Crippen molar-refractivity contribution in [3.63, 3.8) is 0 Å². The first kappa shape index (κ1) is 23.4. The Morgan fingerprint density at radius 2 is 1.73 bits per heavy atom. The molecule has 0 saturated heterocycles. The molecule has 33 heavy (non-hydrogen) atoms. The molecule has 0 bridgehead atoms. The van der Waals surface area contributed by atoms with Gasteiger partial charge in [-0.25, -0.2) is 0 Å². The maximum atomic E-state index is 13.0. The second kappa shape index (κ2) is 10.4. The molecular formula is C25H24N2O6. The summed E-state index contributed by atoms with van der Waals surface area (Å²) in [6.07, 6.45) is 0.400. The summed E-state index contributed by atoms with van der Waals surface area (Å²) in [5, 5.41) is 20.4. The molecule has 0 saturated carbocycles. The van der Waals surface area contributed by atoms with E-state index in [0.717, 1.165) is 10.1 Å². The van der Waals surface area contributed by atoms with Gasteiger partial charge in [-0.3, -0.25) is 14.2 Å². The number of ether oxygens (including phenoxy) is 3. The van der Waals surface area contributed by atoms with Crippen LogP contribution in [0, 0.1) is 18.3 Å². The fourth-order valence-corrected chi connectivity index (χ4v) is 3.48. The highest BCUT2D eigenvalue weighted by atomic mass is 16.5. The molecule has 0 unspecified atom stereocenters. The van der Waals surface area contributed by atoms with Crippen LogP contribution < -0.4 is 19.8 Å². The summed E-state index contributed by atoms with van der Waals surface area (Å²) < 4.78 is 17.0. The lowest BCUT2D eigenvalue weighted by Gasteiger charge is -2.16. The van der Waals surface area contributed by atoms with Crippen LogP contribution in [0.25, 0.3) is 0 Å². The third kappa shape index (κ3) is 4.99. The number of aryl methyl sites for hydroxylation is 1. The van der Waals surface area contributed by atoms with Gasteiger partial charge in [0.05, 0.1) is 19.8 Å². The Balaban J connectivity index is 1.90. The van der Waals surface area contributed by atoms with E-state index in [9.17, 15) is 20.0 Å². The molecule has 3 rings (SSSR count). The van der Waals surface area contributed by atoms with Gasteiger partial charge in [0.1, 0.15) is 17.4 Å². The van der Waals surface area contributed by atoms with Crippen LogP contribution in [0.2, 0.25) is 0 Å². The van der Waals surface area contributed by atoms with Crippen LogP contribution in [0.4, 0.5) is 0 Å². The molecule has 8 heteroatoms. The van der Waals surface area contributed by atoms with E-state index < -0.39 is 23.8 Å². The second-order valence-corrected chi connectivity index (χ2v) is 7.23. The number of methoxy groups -OCH3 is 2. The highest BCUT2D eigenvalue weighted by Gasteiger charge is 2.24. The van der Waals surface area contributed by atoms with E-state index in [2.05, 4.69) is 0 Å². The number of carbonyl (C=O) groups excluding carboxylic acids is 1. The maximum absolute atomic E-state index is 13.0. The molecule has 1 N–H and O–H groups in total. The van der Waals surface area contributed by atoms with Gasteiger partial charge in [-0.05, 0) is 48.7 Å². The number of carbonyl (C=O) groups is 1. The van der Waals surface area contributed by atoms with Crippen molar-refractivity contribution in [2.75, 3.05) is 20.8 Å². The highest BCUT2D eigenvalue weighted by Crippen LogP contribution is 2.27. The smallest absolute Gasteiger partial charge is 0.271 e. The first-order valence-electron chi connectivity index (χ1n) is 10.2. The van der Waals surface area contributed by atoms with Gasteiger partial charge in [-0.1, -0.05) is 24.3 Å². The Bertz CT molecular complexity index is 1260. The molecule has 1 aromatic heterocycles. The van der Waals surface area contributed by atoms with Crippen LogP contribution in [0.5, 0.6) is 23.1 Å². The highest BCUT2D eigenvalue weighted by molar-refractivity contribution is 6.01. The van der Waals surface area contributed by atoms with Crippen molar-refractivity contribution in [2.24, 2.45) is 0 Å². The predicted molar refractivity (Wildman–Crippen MR) is 121 cm³/mol. The quantitative estimate of drug-likeness (QED) is 0.500. The van der Waals surface area contributed by atoms with E-state index in [1.807, 2.05) is 18.2 Å². The van der Waals surface area contributed by atoms with E-state index in [0.29, 0.717) is 23.7 Å². The zero-order chi connectivity index (χ0) is 24.0. The van der Waals surface area contributed by atoms with Crippen molar-refractivity contribution in [3.8, 4) is 29.2 Å². The summed E-state index contributed by atoms with van der Waals surface area (Å²) in [5.41, 5.74) is 0.0602. The molecule has 170 valence electrons. The number of Topliss-reactive ketones (excluding diaryl/α,β-unsaturated/α-hetero) is 1. The van der Waals surface area contributed by atoms with Crippen LogP contribution in [0.15, 0.2) is 53.3 Å². The monoisotopic (exact) mass is 448 g/mol. The average molecular weight is 448 g/mol. The lowest BCUT2D eigenvalue weighted by Crippen LogP contribution is -2.28. The van der Waals surface area contributed by atoms with Crippen LogP contribution in [0.1, 0.15) is 27.0 Å². The molecule has 0 aliphatic carbocycles. The number of aromatic nitrogens is 1. The van der Waals surface area contributed by atoms with Crippen molar-refractivity contribution in [3.05, 3.63) is 81.1 Å². The third-order valence-electron chi connectivity index (χ3n) is 5.29. The van der Waals surface area contributed by atoms with Crippen LogP contribution in [0.3, 0.4) is 0 Å². The van der Waals surface area contributed by atoms with Crippen molar-refractivity contribution in [2.45, 2.75) is 19.9 Å². The zero-order valence-electron chi connectivity index (χ0n) is 18.6. The van der Waals surface area contributed by atoms with E-state index in [-0.39, 0.29) is 23.2 Å². The molecule has 2 aromatic carbocycles. The Morgan fingerprint density at radius 1 is 1.06 bits per heavy atom. The number of ketones is 1. The van der Waals surface area contributed by atoms with E-state index in [4.69, 9.17) is 14.2 Å². The maximum Gasteiger partial charge on any atom is 0.271 e. The molecule has 8 nitrogen and oxygen atoms in total. The fraction of sp³-hybridized carbons (Fsp3) is 0.240. The molecule has 0 spiro atoms.